The van der Waals surface area contributed by atoms with Crippen molar-refractivity contribution in [3.05, 3.63) is 29.8 Å². The number of carbonyl (C=O) groups excluding carboxylic acids is 3. The third-order valence-corrected chi connectivity index (χ3v) is 5.52. The maximum absolute atomic E-state index is 13.9. The molecular weight excluding hydrogens is 446 g/mol. The second-order valence-electron chi connectivity index (χ2n) is 10.4. The van der Waals surface area contributed by atoms with E-state index >= 15 is 0 Å². The first kappa shape index (κ1) is 30.3. The Labute approximate surface area is 210 Å². The zero-order chi connectivity index (χ0) is 26.8. The maximum atomic E-state index is 13.9. The fourth-order valence-electron chi connectivity index (χ4n) is 3.78. The van der Waals surface area contributed by atoms with Crippen molar-refractivity contribution in [1.82, 2.24) is 15.5 Å². The molecule has 0 fully saturated rings. The average Bonchev–Trinajstić information content (AvgIpc) is 2.74. The van der Waals surface area contributed by atoms with Crippen molar-refractivity contribution in [1.29, 1.82) is 0 Å². The molecule has 3 unspecified atom stereocenters. The van der Waals surface area contributed by atoms with Gasteiger partial charge in [0, 0.05) is 12.6 Å². The summed E-state index contributed by atoms with van der Waals surface area (Å²) in [5, 5.41) is 15.6. The molecule has 0 aliphatic heterocycles. The van der Waals surface area contributed by atoms with Crippen LogP contribution in [0.25, 0.3) is 0 Å². The van der Waals surface area contributed by atoms with Crippen LogP contribution in [-0.2, 0) is 14.3 Å². The molecular formula is C27H45N3O5. The van der Waals surface area contributed by atoms with Crippen molar-refractivity contribution in [3.63, 3.8) is 0 Å². The monoisotopic (exact) mass is 491 g/mol. The van der Waals surface area contributed by atoms with Gasteiger partial charge in [-0.3, -0.25) is 9.59 Å². The van der Waals surface area contributed by atoms with Gasteiger partial charge in [-0.2, -0.15) is 0 Å². The van der Waals surface area contributed by atoms with Gasteiger partial charge in [-0.25, -0.2) is 4.79 Å². The van der Waals surface area contributed by atoms with Crippen LogP contribution in [0.2, 0.25) is 0 Å². The summed E-state index contributed by atoms with van der Waals surface area (Å²) in [4.78, 5) is 41.5. The van der Waals surface area contributed by atoms with Crippen LogP contribution >= 0.6 is 0 Å². The van der Waals surface area contributed by atoms with Crippen molar-refractivity contribution in [2.24, 2.45) is 5.92 Å². The SMILES string of the molecule is CCCCN(C(=O)C(NC(=O)OC(C)(C)C)C(C)C)C(C(=O)NC(C)CCC)c1ccc(O)cc1. The minimum absolute atomic E-state index is 0.0592. The fraction of sp³-hybridized carbons (Fsp3) is 0.667. The Bertz CT molecular complexity index is 817. The number of hydrogen-bond acceptors (Lipinski definition) is 5. The van der Waals surface area contributed by atoms with Crippen molar-refractivity contribution in [3.8, 4) is 5.75 Å². The molecule has 0 spiro atoms. The molecule has 3 atom stereocenters. The molecule has 8 heteroatoms. The predicted octanol–water partition coefficient (Wildman–Crippen LogP) is 4.92. The second-order valence-corrected chi connectivity index (χ2v) is 10.4. The molecule has 1 aromatic carbocycles. The van der Waals surface area contributed by atoms with Crippen molar-refractivity contribution in [2.45, 2.75) is 105 Å². The molecule has 0 bridgehead atoms. The van der Waals surface area contributed by atoms with Gasteiger partial charge in [-0.15, -0.1) is 0 Å². The normalized spacial score (nSPS) is 14.1. The highest BCUT2D eigenvalue weighted by Gasteiger charge is 2.37. The summed E-state index contributed by atoms with van der Waals surface area (Å²) >= 11 is 0. The minimum atomic E-state index is -0.907. The first-order valence-electron chi connectivity index (χ1n) is 12.7. The third kappa shape index (κ3) is 10.2. The van der Waals surface area contributed by atoms with Crippen LogP contribution in [0.1, 0.15) is 92.7 Å². The standard InChI is InChI=1S/C27H45N3O5/c1-9-11-17-30(25(33)22(18(3)4)29-26(34)35-27(6,7)8)23(20-13-15-21(31)16-14-20)24(32)28-19(5)12-10-2/h13-16,18-19,22-23,31H,9-12,17H2,1-8H3,(H,28,32)(H,29,34). The first-order chi connectivity index (χ1) is 16.3. The number of phenols is 1. The van der Waals surface area contributed by atoms with Gasteiger partial charge in [-0.05, 0) is 64.2 Å². The molecule has 1 aromatic rings. The molecule has 3 N–H and O–H groups in total. The third-order valence-electron chi connectivity index (χ3n) is 5.52. The largest absolute Gasteiger partial charge is 0.508 e. The lowest BCUT2D eigenvalue weighted by Crippen LogP contribution is -2.55. The number of alkyl carbamates (subject to hydrolysis) is 1. The molecule has 0 heterocycles. The Morgan fingerprint density at radius 1 is 1.00 bits per heavy atom. The van der Waals surface area contributed by atoms with Crippen LogP contribution in [0.15, 0.2) is 24.3 Å². The molecule has 0 aliphatic carbocycles. The number of rotatable bonds is 12. The summed E-state index contributed by atoms with van der Waals surface area (Å²) in [5.41, 5.74) is -0.117. The molecule has 1 rings (SSSR count). The van der Waals surface area contributed by atoms with Crippen LogP contribution in [0.4, 0.5) is 4.79 Å². The summed E-state index contributed by atoms with van der Waals surface area (Å²) in [5.74, 6) is -0.802. The van der Waals surface area contributed by atoms with Gasteiger partial charge in [0.15, 0.2) is 0 Å². The summed E-state index contributed by atoms with van der Waals surface area (Å²) < 4.78 is 5.39. The second kappa shape index (κ2) is 14.0. The highest BCUT2D eigenvalue weighted by molar-refractivity contribution is 5.92. The topological polar surface area (TPSA) is 108 Å². The summed E-state index contributed by atoms with van der Waals surface area (Å²) in [6, 6.07) is 4.48. The van der Waals surface area contributed by atoms with E-state index in [9.17, 15) is 19.5 Å². The van der Waals surface area contributed by atoms with E-state index in [0.717, 1.165) is 19.3 Å². The molecule has 198 valence electrons. The number of hydrogen-bond donors (Lipinski definition) is 3. The van der Waals surface area contributed by atoms with Gasteiger partial charge in [0.25, 0.3) is 0 Å². The zero-order valence-electron chi connectivity index (χ0n) is 22.7. The van der Waals surface area contributed by atoms with E-state index in [1.54, 1.807) is 37.8 Å². The Morgan fingerprint density at radius 2 is 1.60 bits per heavy atom. The number of aromatic hydroxyl groups is 1. The lowest BCUT2D eigenvalue weighted by atomic mass is 9.98. The molecule has 0 saturated heterocycles. The summed E-state index contributed by atoms with van der Waals surface area (Å²) in [6.45, 7) is 15.3. The van der Waals surface area contributed by atoms with Crippen molar-refractivity contribution >= 4 is 17.9 Å². The summed E-state index contributed by atoms with van der Waals surface area (Å²) in [7, 11) is 0. The van der Waals surface area contributed by atoms with E-state index in [-0.39, 0.29) is 29.5 Å². The molecule has 8 nitrogen and oxygen atoms in total. The number of phenolic OH excluding ortho intramolecular Hbond substituents is 1. The molecule has 3 amide bonds. The lowest BCUT2D eigenvalue weighted by Gasteiger charge is -2.36. The Balaban J connectivity index is 3.42. The predicted molar refractivity (Wildman–Crippen MR) is 138 cm³/mol. The zero-order valence-corrected chi connectivity index (χ0v) is 22.7. The van der Waals surface area contributed by atoms with Gasteiger partial charge in [0.1, 0.15) is 23.4 Å². The van der Waals surface area contributed by atoms with Gasteiger partial charge in [0.05, 0.1) is 0 Å². The Hall–Kier alpha value is -2.77. The van der Waals surface area contributed by atoms with Crippen LogP contribution < -0.4 is 10.6 Å². The fourth-order valence-corrected chi connectivity index (χ4v) is 3.78. The van der Waals surface area contributed by atoms with Gasteiger partial charge in [0.2, 0.25) is 11.8 Å². The quantitative estimate of drug-likeness (QED) is 0.385. The van der Waals surface area contributed by atoms with E-state index in [1.807, 2.05) is 34.6 Å². The van der Waals surface area contributed by atoms with E-state index in [1.165, 1.54) is 12.1 Å². The number of ether oxygens (including phenoxy) is 1. The van der Waals surface area contributed by atoms with Crippen molar-refractivity contribution in [2.75, 3.05) is 6.54 Å². The highest BCUT2D eigenvalue weighted by Crippen LogP contribution is 2.26. The smallest absolute Gasteiger partial charge is 0.408 e. The first-order valence-corrected chi connectivity index (χ1v) is 12.7. The number of carbonyl (C=O) groups is 3. The van der Waals surface area contributed by atoms with Gasteiger partial charge in [-0.1, -0.05) is 52.7 Å². The average molecular weight is 492 g/mol. The van der Waals surface area contributed by atoms with E-state index in [2.05, 4.69) is 10.6 Å². The molecule has 0 radical (unpaired) electrons. The molecule has 0 saturated carbocycles. The van der Waals surface area contributed by atoms with E-state index in [0.29, 0.717) is 18.5 Å². The van der Waals surface area contributed by atoms with Gasteiger partial charge < -0.3 is 25.4 Å². The van der Waals surface area contributed by atoms with E-state index in [4.69, 9.17) is 4.74 Å². The Kier molecular flexibility index (Phi) is 12.1. The minimum Gasteiger partial charge on any atom is -0.508 e. The highest BCUT2D eigenvalue weighted by atomic mass is 16.6. The number of unbranched alkanes of at least 4 members (excludes halogenated alkanes) is 1. The summed E-state index contributed by atoms with van der Waals surface area (Å²) in [6.07, 6.45) is 2.56. The van der Waals surface area contributed by atoms with Crippen LogP contribution in [0.5, 0.6) is 5.75 Å². The number of benzene rings is 1. The van der Waals surface area contributed by atoms with Crippen LogP contribution in [-0.4, -0.2) is 52.1 Å². The molecule has 0 aliphatic rings. The number of amides is 3. The number of nitrogens with one attached hydrogen (secondary N) is 2. The van der Waals surface area contributed by atoms with Crippen LogP contribution in [0, 0.1) is 5.92 Å². The molecule has 0 aromatic heterocycles. The number of nitrogens with zero attached hydrogens (tertiary/aromatic N) is 1. The molecule has 35 heavy (non-hydrogen) atoms. The van der Waals surface area contributed by atoms with Crippen molar-refractivity contribution < 1.29 is 24.2 Å². The Morgan fingerprint density at radius 3 is 2.09 bits per heavy atom. The van der Waals surface area contributed by atoms with Crippen LogP contribution in [0.3, 0.4) is 0 Å². The lowest BCUT2D eigenvalue weighted by molar-refractivity contribution is -0.143. The van der Waals surface area contributed by atoms with Gasteiger partial charge >= 0.3 is 6.09 Å². The van der Waals surface area contributed by atoms with E-state index < -0.39 is 23.8 Å². The maximum Gasteiger partial charge on any atom is 0.408 e.